The number of rotatable bonds is 9. The topological polar surface area (TPSA) is 113 Å². The van der Waals surface area contributed by atoms with E-state index in [1.54, 1.807) is 30.3 Å². The quantitative estimate of drug-likeness (QED) is 0.404. The highest BCUT2D eigenvalue weighted by molar-refractivity contribution is 5.92. The predicted octanol–water partition coefficient (Wildman–Crippen LogP) is 4.12. The van der Waals surface area contributed by atoms with Crippen molar-refractivity contribution in [2.24, 2.45) is 0 Å². The second-order valence-electron chi connectivity index (χ2n) is 6.41. The maximum absolute atomic E-state index is 12.7. The van der Waals surface area contributed by atoms with Gasteiger partial charge >= 0.3 is 0 Å². The lowest BCUT2D eigenvalue weighted by Crippen LogP contribution is -2.29. The highest BCUT2D eigenvalue weighted by atomic mass is 16.6. The summed E-state index contributed by atoms with van der Waals surface area (Å²) < 4.78 is 21.2. The monoisotopic (exact) mass is 426 g/mol. The molecule has 0 aliphatic heterocycles. The minimum Gasteiger partial charge on any atom is -0.494 e. The molecule has 3 aromatic rings. The fraction of sp³-hybridized carbons (Fsp3) is 0.227. The maximum atomic E-state index is 12.7. The Morgan fingerprint density at radius 2 is 1.81 bits per heavy atom. The fourth-order valence-corrected chi connectivity index (χ4v) is 3.15. The van der Waals surface area contributed by atoms with Crippen molar-refractivity contribution in [1.82, 2.24) is 5.32 Å². The van der Waals surface area contributed by atoms with E-state index in [4.69, 9.17) is 18.6 Å². The Bertz CT molecular complexity index is 1050. The number of nitro benzene ring substituents is 1. The van der Waals surface area contributed by atoms with Crippen molar-refractivity contribution in [1.29, 1.82) is 0 Å². The number of nitrogens with zero attached hydrogens (tertiary/aromatic N) is 1. The average Bonchev–Trinajstić information content (AvgIpc) is 3.32. The fourth-order valence-electron chi connectivity index (χ4n) is 3.15. The Morgan fingerprint density at radius 1 is 1.13 bits per heavy atom. The van der Waals surface area contributed by atoms with Gasteiger partial charge in [0.25, 0.3) is 11.6 Å². The number of ether oxygens (including phenoxy) is 3. The first-order chi connectivity index (χ1) is 15.0. The zero-order valence-electron chi connectivity index (χ0n) is 17.3. The number of methoxy groups -OCH3 is 2. The summed E-state index contributed by atoms with van der Waals surface area (Å²) >= 11 is 0. The van der Waals surface area contributed by atoms with E-state index >= 15 is 0 Å². The molecule has 1 N–H and O–H groups in total. The van der Waals surface area contributed by atoms with Crippen molar-refractivity contribution in [2.45, 2.75) is 13.0 Å². The van der Waals surface area contributed by atoms with Crippen molar-refractivity contribution < 1.29 is 28.3 Å². The number of carbonyl (C=O) groups excluding carboxylic acids is 1. The molecule has 162 valence electrons. The van der Waals surface area contributed by atoms with Gasteiger partial charge in [-0.05, 0) is 42.8 Å². The summed E-state index contributed by atoms with van der Waals surface area (Å²) in [5.41, 5.74) is 0.613. The van der Waals surface area contributed by atoms with E-state index in [-0.39, 0.29) is 22.8 Å². The SMILES string of the molecule is CCOc1ccc(C(NC(=O)c2ccco2)c2cc(OC)c(OC)cc2[N+](=O)[O-])cc1. The van der Waals surface area contributed by atoms with E-state index in [0.29, 0.717) is 23.7 Å². The number of hydrogen-bond acceptors (Lipinski definition) is 7. The first-order valence-electron chi connectivity index (χ1n) is 9.45. The van der Waals surface area contributed by atoms with Gasteiger partial charge in [-0.25, -0.2) is 0 Å². The van der Waals surface area contributed by atoms with Crippen LogP contribution in [-0.2, 0) is 0 Å². The van der Waals surface area contributed by atoms with Gasteiger partial charge < -0.3 is 23.9 Å². The molecule has 0 aliphatic carbocycles. The van der Waals surface area contributed by atoms with Crippen molar-refractivity contribution in [2.75, 3.05) is 20.8 Å². The van der Waals surface area contributed by atoms with Crippen LogP contribution in [0.1, 0.15) is 34.6 Å². The molecule has 3 rings (SSSR count). The molecule has 0 spiro atoms. The summed E-state index contributed by atoms with van der Waals surface area (Å²) in [5.74, 6) is 0.711. The van der Waals surface area contributed by atoms with Crippen LogP contribution in [-0.4, -0.2) is 31.7 Å². The van der Waals surface area contributed by atoms with Gasteiger partial charge in [0.15, 0.2) is 17.3 Å². The third-order valence-electron chi connectivity index (χ3n) is 4.59. The molecule has 1 aromatic heterocycles. The van der Waals surface area contributed by atoms with Crippen LogP contribution in [0.5, 0.6) is 17.2 Å². The number of nitro groups is 1. The Kier molecular flexibility index (Phi) is 6.76. The lowest BCUT2D eigenvalue weighted by Gasteiger charge is -2.21. The highest BCUT2D eigenvalue weighted by Crippen LogP contribution is 2.39. The minimum atomic E-state index is -0.867. The van der Waals surface area contributed by atoms with Crippen molar-refractivity contribution >= 4 is 11.6 Å². The molecule has 0 saturated carbocycles. The second kappa shape index (κ2) is 9.66. The largest absolute Gasteiger partial charge is 0.494 e. The van der Waals surface area contributed by atoms with E-state index < -0.39 is 16.9 Å². The van der Waals surface area contributed by atoms with Crippen molar-refractivity contribution in [3.63, 3.8) is 0 Å². The van der Waals surface area contributed by atoms with Crippen LogP contribution in [0, 0.1) is 10.1 Å². The minimum absolute atomic E-state index is 0.0825. The molecule has 0 fully saturated rings. The second-order valence-corrected chi connectivity index (χ2v) is 6.41. The van der Waals surface area contributed by atoms with Crippen LogP contribution in [0.4, 0.5) is 5.69 Å². The van der Waals surface area contributed by atoms with E-state index in [0.717, 1.165) is 0 Å². The van der Waals surface area contributed by atoms with E-state index in [9.17, 15) is 14.9 Å². The van der Waals surface area contributed by atoms with Crippen LogP contribution < -0.4 is 19.5 Å². The molecule has 9 nitrogen and oxygen atoms in total. The van der Waals surface area contributed by atoms with Crippen LogP contribution >= 0.6 is 0 Å². The molecular weight excluding hydrogens is 404 g/mol. The summed E-state index contributed by atoms with van der Waals surface area (Å²) in [6.45, 7) is 2.37. The number of carbonyl (C=O) groups is 1. The van der Waals surface area contributed by atoms with Crippen molar-refractivity contribution in [3.05, 3.63) is 81.8 Å². The van der Waals surface area contributed by atoms with Gasteiger partial charge in [-0.15, -0.1) is 0 Å². The molecule has 1 amide bonds. The number of furan rings is 1. The van der Waals surface area contributed by atoms with E-state index in [1.807, 2.05) is 6.92 Å². The van der Waals surface area contributed by atoms with Gasteiger partial charge in [0.1, 0.15) is 5.75 Å². The zero-order valence-corrected chi connectivity index (χ0v) is 17.3. The summed E-state index contributed by atoms with van der Waals surface area (Å²) in [4.78, 5) is 24.0. The molecule has 9 heteroatoms. The van der Waals surface area contributed by atoms with Crippen LogP contribution in [0.3, 0.4) is 0 Å². The summed E-state index contributed by atoms with van der Waals surface area (Å²) in [6, 6.07) is 11.9. The van der Waals surface area contributed by atoms with E-state index in [1.165, 1.54) is 38.7 Å². The van der Waals surface area contributed by atoms with Crippen LogP contribution in [0.2, 0.25) is 0 Å². The zero-order chi connectivity index (χ0) is 22.4. The Morgan fingerprint density at radius 3 is 2.35 bits per heavy atom. The summed E-state index contributed by atoms with van der Waals surface area (Å²) in [5, 5.41) is 14.7. The molecule has 31 heavy (non-hydrogen) atoms. The highest BCUT2D eigenvalue weighted by Gasteiger charge is 2.29. The summed E-state index contributed by atoms with van der Waals surface area (Å²) in [6.07, 6.45) is 1.37. The molecule has 1 heterocycles. The Labute approximate surface area is 178 Å². The van der Waals surface area contributed by atoms with Gasteiger partial charge in [0, 0.05) is 0 Å². The third kappa shape index (κ3) is 4.77. The normalized spacial score (nSPS) is 11.5. The standard InChI is InChI=1S/C22H22N2O7/c1-4-30-15-9-7-14(8-10-15)21(23-22(25)18-6-5-11-31-18)16-12-19(28-2)20(29-3)13-17(16)24(26)27/h5-13,21H,4H2,1-3H3,(H,23,25). The smallest absolute Gasteiger partial charge is 0.287 e. The van der Waals surface area contributed by atoms with Gasteiger partial charge in [-0.3, -0.25) is 14.9 Å². The number of benzene rings is 2. The van der Waals surface area contributed by atoms with Crippen LogP contribution in [0.15, 0.2) is 59.2 Å². The number of hydrogen-bond donors (Lipinski definition) is 1. The first-order valence-corrected chi connectivity index (χ1v) is 9.45. The third-order valence-corrected chi connectivity index (χ3v) is 4.59. The molecule has 0 saturated heterocycles. The van der Waals surface area contributed by atoms with Gasteiger partial charge in [0.05, 0.1) is 49.7 Å². The molecule has 1 atom stereocenters. The van der Waals surface area contributed by atoms with Crippen LogP contribution in [0.25, 0.3) is 0 Å². The number of nitrogens with one attached hydrogen (secondary N) is 1. The van der Waals surface area contributed by atoms with Gasteiger partial charge in [-0.2, -0.15) is 0 Å². The summed E-state index contributed by atoms with van der Waals surface area (Å²) in [7, 11) is 2.82. The Hall–Kier alpha value is -4.01. The average molecular weight is 426 g/mol. The lowest BCUT2D eigenvalue weighted by molar-refractivity contribution is -0.385. The molecule has 0 radical (unpaired) electrons. The predicted molar refractivity (Wildman–Crippen MR) is 112 cm³/mol. The first kappa shape index (κ1) is 21.7. The van der Waals surface area contributed by atoms with Crippen molar-refractivity contribution in [3.8, 4) is 17.2 Å². The van der Waals surface area contributed by atoms with Gasteiger partial charge in [0.2, 0.25) is 0 Å². The van der Waals surface area contributed by atoms with Gasteiger partial charge in [-0.1, -0.05) is 12.1 Å². The molecule has 0 aliphatic rings. The lowest BCUT2D eigenvalue weighted by atomic mass is 9.96. The molecule has 2 aromatic carbocycles. The molecule has 0 bridgehead atoms. The number of amides is 1. The maximum Gasteiger partial charge on any atom is 0.287 e. The molecular formula is C22H22N2O7. The molecule has 1 unspecified atom stereocenters. The Balaban J connectivity index is 2.13. The van der Waals surface area contributed by atoms with E-state index in [2.05, 4.69) is 5.32 Å².